The molecule has 5 nitrogen and oxygen atoms in total. The summed E-state index contributed by atoms with van der Waals surface area (Å²) in [6.45, 7) is 1.40. The van der Waals surface area contributed by atoms with E-state index >= 15 is 0 Å². The van der Waals surface area contributed by atoms with Gasteiger partial charge in [0.25, 0.3) is 6.43 Å². The van der Waals surface area contributed by atoms with E-state index in [1.807, 2.05) is 0 Å². The van der Waals surface area contributed by atoms with Crippen molar-refractivity contribution in [1.82, 2.24) is 5.32 Å². The standard InChI is InChI=1S/C19H20F2N2O3/c1-12(24)14-8-5-9-15(11-14)22-19(26)23-16(17(25)18(20)21)10-13-6-3-2-4-7-13/h2-9,11,16-18,25H,10H2,1H3,(H2,22,23,26). The van der Waals surface area contributed by atoms with E-state index in [1.54, 1.807) is 48.5 Å². The summed E-state index contributed by atoms with van der Waals surface area (Å²) in [5.41, 5.74) is 1.47. The van der Waals surface area contributed by atoms with Gasteiger partial charge in [0.2, 0.25) is 0 Å². The number of alkyl halides is 2. The predicted octanol–water partition coefficient (Wildman–Crippen LogP) is 3.25. The van der Waals surface area contributed by atoms with E-state index in [4.69, 9.17) is 0 Å². The molecule has 2 aromatic rings. The highest BCUT2D eigenvalue weighted by molar-refractivity contribution is 5.96. The third-order valence-electron chi connectivity index (χ3n) is 3.81. The van der Waals surface area contributed by atoms with Crippen LogP contribution in [0.4, 0.5) is 19.3 Å². The van der Waals surface area contributed by atoms with E-state index in [1.165, 1.54) is 13.0 Å². The number of Topliss-reactive ketones (excluding diaryl/α,β-unsaturated/α-hetero) is 1. The van der Waals surface area contributed by atoms with Crippen LogP contribution in [0, 0.1) is 0 Å². The maximum absolute atomic E-state index is 12.9. The molecule has 3 N–H and O–H groups in total. The number of urea groups is 1. The lowest BCUT2D eigenvalue weighted by atomic mass is 10.0. The highest BCUT2D eigenvalue weighted by Crippen LogP contribution is 2.14. The number of carbonyl (C=O) groups excluding carboxylic acids is 2. The van der Waals surface area contributed by atoms with Crippen LogP contribution in [0.5, 0.6) is 0 Å². The summed E-state index contributed by atoms with van der Waals surface area (Å²) in [6, 6.07) is 13.1. The number of amides is 2. The van der Waals surface area contributed by atoms with Crippen LogP contribution in [0.15, 0.2) is 54.6 Å². The fraction of sp³-hybridized carbons (Fsp3) is 0.263. The third-order valence-corrected chi connectivity index (χ3v) is 3.81. The normalized spacial score (nSPS) is 13.1. The van der Waals surface area contributed by atoms with Gasteiger partial charge >= 0.3 is 6.03 Å². The van der Waals surface area contributed by atoms with Crippen molar-refractivity contribution in [2.75, 3.05) is 5.32 Å². The van der Waals surface area contributed by atoms with Crippen LogP contribution in [0.1, 0.15) is 22.8 Å². The minimum atomic E-state index is -3.00. The van der Waals surface area contributed by atoms with Crippen LogP contribution >= 0.6 is 0 Å². The SMILES string of the molecule is CC(=O)c1cccc(NC(=O)NC(Cc2ccccc2)C(O)C(F)F)c1. The van der Waals surface area contributed by atoms with Crippen molar-refractivity contribution >= 4 is 17.5 Å². The Morgan fingerprint density at radius 2 is 1.77 bits per heavy atom. The minimum absolute atomic E-state index is 0.0489. The summed E-state index contributed by atoms with van der Waals surface area (Å²) in [4.78, 5) is 23.5. The Bertz CT molecular complexity index is 753. The van der Waals surface area contributed by atoms with Gasteiger partial charge in [0.15, 0.2) is 5.78 Å². The van der Waals surface area contributed by atoms with Crippen molar-refractivity contribution < 1.29 is 23.5 Å². The van der Waals surface area contributed by atoms with Gasteiger partial charge < -0.3 is 15.7 Å². The van der Waals surface area contributed by atoms with Crippen molar-refractivity contribution in [3.05, 3.63) is 65.7 Å². The highest BCUT2D eigenvalue weighted by atomic mass is 19.3. The molecule has 0 aliphatic rings. The third kappa shape index (κ3) is 5.63. The molecule has 0 aromatic heterocycles. The van der Waals surface area contributed by atoms with Crippen molar-refractivity contribution in [3.63, 3.8) is 0 Å². The Hall–Kier alpha value is -2.80. The van der Waals surface area contributed by atoms with Gasteiger partial charge in [-0.1, -0.05) is 42.5 Å². The average molecular weight is 362 g/mol. The molecule has 2 unspecified atom stereocenters. The van der Waals surface area contributed by atoms with Gasteiger partial charge in [0, 0.05) is 11.3 Å². The van der Waals surface area contributed by atoms with Crippen molar-refractivity contribution in [2.24, 2.45) is 0 Å². The number of aliphatic hydroxyl groups excluding tert-OH is 1. The fourth-order valence-electron chi connectivity index (χ4n) is 2.45. The first-order valence-electron chi connectivity index (χ1n) is 8.05. The Morgan fingerprint density at radius 1 is 1.08 bits per heavy atom. The Morgan fingerprint density at radius 3 is 2.38 bits per heavy atom. The number of anilines is 1. The molecule has 7 heteroatoms. The van der Waals surface area contributed by atoms with Gasteiger partial charge in [-0.25, -0.2) is 13.6 Å². The molecule has 0 aliphatic carbocycles. The maximum Gasteiger partial charge on any atom is 0.319 e. The summed E-state index contributed by atoms with van der Waals surface area (Å²) in [5.74, 6) is -0.163. The topological polar surface area (TPSA) is 78.4 Å². The second kappa shape index (κ2) is 9.05. The number of benzene rings is 2. The molecule has 0 spiro atoms. The first-order chi connectivity index (χ1) is 12.4. The molecule has 138 valence electrons. The molecule has 0 saturated heterocycles. The van der Waals surface area contributed by atoms with Crippen molar-refractivity contribution in [3.8, 4) is 0 Å². The number of ketones is 1. The fourth-order valence-corrected chi connectivity index (χ4v) is 2.45. The molecule has 26 heavy (non-hydrogen) atoms. The number of hydrogen-bond acceptors (Lipinski definition) is 3. The van der Waals surface area contributed by atoms with Gasteiger partial charge in [-0.3, -0.25) is 4.79 Å². The molecule has 0 fully saturated rings. The van der Waals surface area contributed by atoms with E-state index < -0.39 is 24.6 Å². The van der Waals surface area contributed by atoms with Crippen molar-refractivity contribution in [2.45, 2.75) is 31.9 Å². The summed E-state index contributed by atoms with van der Waals surface area (Å²) in [5, 5.41) is 14.6. The second-order valence-electron chi connectivity index (χ2n) is 5.86. The van der Waals surface area contributed by atoms with E-state index in [0.29, 0.717) is 16.8 Å². The van der Waals surface area contributed by atoms with Crippen LogP contribution in [0.25, 0.3) is 0 Å². The van der Waals surface area contributed by atoms with E-state index in [0.717, 1.165) is 0 Å². The molecule has 0 aliphatic heterocycles. The monoisotopic (exact) mass is 362 g/mol. The Labute approximate surface area is 150 Å². The van der Waals surface area contributed by atoms with Gasteiger partial charge in [0.05, 0.1) is 6.04 Å². The number of hydrogen-bond donors (Lipinski definition) is 3. The molecule has 0 bridgehead atoms. The van der Waals surface area contributed by atoms with Crippen LogP contribution in [0.3, 0.4) is 0 Å². The lowest BCUT2D eigenvalue weighted by molar-refractivity contribution is -0.0232. The largest absolute Gasteiger partial charge is 0.385 e. The maximum atomic E-state index is 12.9. The Balaban J connectivity index is 2.08. The number of halogens is 2. The van der Waals surface area contributed by atoms with Crippen LogP contribution in [0.2, 0.25) is 0 Å². The zero-order valence-electron chi connectivity index (χ0n) is 14.2. The molecule has 0 saturated carbocycles. The zero-order chi connectivity index (χ0) is 19.1. The smallest absolute Gasteiger partial charge is 0.319 e. The number of nitrogens with one attached hydrogen (secondary N) is 2. The first kappa shape index (κ1) is 19.5. The number of rotatable bonds is 7. The average Bonchev–Trinajstić information content (AvgIpc) is 2.61. The van der Waals surface area contributed by atoms with Crippen LogP contribution < -0.4 is 10.6 Å². The lowest BCUT2D eigenvalue weighted by Gasteiger charge is -2.24. The minimum Gasteiger partial charge on any atom is -0.385 e. The predicted molar refractivity (Wildman–Crippen MR) is 94.5 cm³/mol. The molecular weight excluding hydrogens is 342 g/mol. The van der Waals surface area contributed by atoms with E-state index in [2.05, 4.69) is 10.6 Å². The molecule has 0 radical (unpaired) electrons. The zero-order valence-corrected chi connectivity index (χ0v) is 14.2. The highest BCUT2D eigenvalue weighted by Gasteiger charge is 2.29. The quantitative estimate of drug-likeness (QED) is 0.662. The molecule has 2 aromatic carbocycles. The summed E-state index contributed by atoms with van der Waals surface area (Å²) < 4.78 is 25.9. The second-order valence-corrected chi connectivity index (χ2v) is 5.86. The summed E-state index contributed by atoms with van der Waals surface area (Å²) in [7, 11) is 0. The van der Waals surface area contributed by atoms with E-state index in [-0.39, 0.29) is 12.2 Å². The molecular formula is C19H20F2N2O3. The number of carbonyl (C=O) groups is 2. The van der Waals surface area contributed by atoms with Gasteiger partial charge in [-0.15, -0.1) is 0 Å². The number of aliphatic hydroxyl groups is 1. The molecule has 2 rings (SSSR count). The Kier molecular flexibility index (Phi) is 6.80. The van der Waals surface area contributed by atoms with E-state index in [9.17, 15) is 23.5 Å². The molecule has 2 atom stereocenters. The summed E-state index contributed by atoms with van der Waals surface area (Å²) in [6.07, 6.45) is -4.96. The van der Waals surface area contributed by atoms with Gasteiger partial charge in [-0.05, 0) is 31.0 Å². The van der Waals surface area contributed by atoms with Crippen molar-refractivity contribution in [1.29, 1.82) is 0 Å². The summed E-state index contributed by atoms with van der Waals surface area (Å²) >= 11 is 0. The molecule has 2 amide bonds. The van der Waals surface area contributed by atoms with Crippen LogP contribution in [-0.2, 0) is 6.42 Å². The first-order valence-corrected chi connectivity index (χ1v) is 8.05. The van der Waals surface area contributed by atoms with Gasteiger partial charge in [-0.2, -0.15) is 0 Å². The van der Waals surface area contributed by atoms with Crippen LogP contribution in [-0.4, -0.2) is 35.5 Å². The lowest BCUT2D eigenvalue weighted by Crippen LogP contribution is -2.49. The molecule has 0 heterocycles. The van der Waals surface area contributed by atoms with Gasteiger partial charge in [0.1, 0.15) is 6.10 Å².